The van der Waals surface area contributed by atoms with Gasteiger partial charge in [-0.25, -0.2) is 0 Å². The van der Waals surface area contributed by atoms with Crippen LogP contribution in [0, 0.1) is 0 Å². The van der Waals surface area contributed by atoms with E-state index in [4.69, 9.17) is 18.9 Å². The van der Waals surface area contributed by atoms with Crippen LogP contribution in [0.2, 0.25) is 0 Å². The van der Waals surface area contributed by atoms with Gasteiger partial charge in [-0.05, 0) is 48.9 Å². The van der Waals surface area contributed by atoms with Crippen LogP contribution in [0.3, 0.4) is 0 Å². The minimum Gasteiger partial charge on any atom is -0.493 e. The third-order valence-electron chi connectivity index (χ3n) is 4.61. The Morgan fingerprint density at radius 1 is 0.968 bits per heavy atom. The van der Waals surface area contributed by atoms with E-state index in [2.05, 4.69) is 10.1 Å². The van der Waals surface area contributed by atoms with Gasteiger partial charge in [0, 0.05) is 5.56 Å². The molecule has 9 heteroatoms. The zero-order valence-electron chi connectivity index (χ0n) is 17.5. The van der Waals surface area contributed by atoms with Crippen LogP contribution >= 0.6 is 11.3 Å². The Balaban J connectivity index is 1.72. The van der Waals surface area contributed by atoms with E-state index >= 15 is 0 Å². The first-order valence-corrected chi connectivity index (χ1v) is 10.3. The number of aromatic nitrogens is 3. The number of methoxy groups -OCH3 is 3. The van der Waals surface area contributed by atoms with Gasteiger partial charge in [-0.1, -0.05) is 17.4 Å². The van der Waals surface area contributed by atoms with Crippen LogP contribution in [0.15, 0.2) is 41.2 Å². The second-order valence-corrected chi connectivity index (χ2v) is 7.47. The monoisotopic (exact) mass is 439 g/mol. The zero-order chi connectivity index (χ0) is 22.0. The lowest BCUT2D eigenvalue weighted by Crippen LogP contribution is -2.23. The first kappa shape index (κ1) is 20.7. The summed E-state index contributed by atoms with van der Waals surface area (Å²) in [5.74, 6) is 2.89. The van der Waals surface area contributed by atoms with E-state index in [9.17, 15) is 4.79 Å². The fourth-order valence-electron chi connectivity index (χ4n) is 3.13. The molecule has 4 aromatic rings. The van der Waals surface area contributed by atoms with Crippen LogP contribution in [0.4, 0.5) is 0 Å². The highest BCUT2D eigenvalue weighted by molar-refractivity contribution is 7.15. The second kappa shape index (κ2) is 8.65. The lowest BCUT2D eigenvalue weighted by atomic mass is 10.2. The van der Waals surface area contributed by atoms with Gasteiger partial charge < -0.3 is 18.9 Å². The summed E-state index contributed by atoms with van der Waals surface area (Å²) in [5.41, 5.74) is 1.32. The predicted molar refractivity (Wildman–Crippen MR) is 119 cm³/mol. The molecule has 0 unspecified atom stereocenters. The van der Waals surface area contributed by atoms with E-state index < -0.39 is 0 Å². The van der Waals surface area contributed by atoms with Gasteiger partial charge in [0.05, 0.1) is 32.5 Å². The lowest BCUT2D eigenvalue weighted by molar-refractivity contribution is 0.311. The van der Waals surface area contributed by atoms with Gasteiger partial charge in [0.2, 0.25) is 4.96 Å². The van der Waals surface area contributed by atoms with Crippen LogP contribution in [-0.4, -0.2) is 42.5 Å². The van der Waals surface area contributed by atoms with Gasteiger partial charge in [0.1, 0.15) is 0 Å². The number of thiazole rings is 1. The van der Waals surface area contributed by atoms with Crippen molar-refractivity contribution >= 4 is 22.4 Å². The molecule has 31 heavy (non-hydrogen) atoms. The topological polar surface area (TPSA) is 84.2 Å². The van der Waals surface area contributed by atoms with Crippen molar-refractivity contribution in [3.05, 3.63) is 56.8 Å². The molecular weight excluding hydrogens is 418 g/mol. The molecule has 2 heterocycles. The molecule has 2 aromatic heterocycles. The van der Waals surface area contributed by atoms with Crippen molar-refractivity contribution in [3.8, 4) is 34.4 Å². The van der Waals surface area contributed by atoms with Crippen molar-refractivity contribution in [2.24, 2.45) is 0 Å². The summed E-state index contributed by atoms with van der Waals surface area (Å²) in [6, 6.07) is 10.9. The molecule has 0 radical (unpaired) electrons. The standard InChI is InChI=1S/C22H21N3O5S/c1-5-30-16-8-6-13(10-17(16)28-3)11-19-21(26)25-22(31-19)23-20(24-25)14-7-9-15(27-2)18(12-14)29-4/h6-12H,5H2,1-4H3/b19-11+. The summed E-state index contributed by atoms with van der Waals surface area (Å²) in [7, 11) is 4.72. The van der Waals surface area contributed by atoms with Gasteiger partial charge in [-0.3, -0.25) is 4.79 Å². The normalized spacial score (nSPS) is 11.7. The van der Waals surface area contributed by atoms with Crippen LogP contribution < -0.4 is 29.0 Å². The largest absolute Gasteiger partial charge is 0.493 e. The lowest BCUT2D eigenvalue weighted by Gasteiger charge is -2.09. The molecule has 0 aliphatic rings. The Morgan fingerprint density at radius 3 is 2.35 bits per heavy atom. The summed E-state index contributed by atoms with van der Waals surface area (Å²) < 4.78 is 23.4. The highest BCUT2D eigenvalue weighted by Gasteiger charge is 2.14. The van der Waals surface area contributed by atoms with Gasteiger partial charge in [0.15, 0.2) is 28.8 Å². The molecule has 0 aliphatic heterocycles. The Hall–Kier alpha value is -3.59. The van der Waals surface area contributed by atoms with E-state index in [1.165, 1.54) is 15.9 Å². The second-order valence-electron chi connectivity index (χ2n) is 6.46. The van der Waals surface area contributed by atoms with Gasteiger partial charge in [0.25, 0.3) is 5.56 Å². The molecule has 0 N–H and O–H groups in total. The maximum atomic E-state index is 12.9. The third kappa shape index (κ3) is 3.91. The maximum Gasteiger partial charge on any atom is 0.291 e. The zero-order valence-corrected chi connectivity index (χ0v) is 18.4. The number of ether oxygens (including phenoxy) is 4. The van der Waals surface area contributed by atoms with E-state index in [1.807, 2.05) is 31.2 Å². The van der Waals surface area contributed by atoms with Crippen molar-refractivity contribution in [1.29, 1.82) is 0 Å². The van der Waals surface area contributed by atoms with Crippen LogP contribution in [-0.2, 0) is 0 Å². The quantitative estimate of drug-likeness (QED) is 0.438. The van der Waals surface area contributed by atoms with Crippen LogP contribution in [0.5, 0.6) is 23.0 Å². The summed E-state index contributed by atoms with van der Waals surface area (Å²) in [6.07, 6.45) is 1.79. The number of fused-ring (bicyclic) bond motifs is 1. The number of hydrogen-bond donors (Lipinski definition) is 0. The molecule has 0 amide bonds. The fraction of sp³-hybridized carbons (Fsp3) is 0.227. The molecule has 0 aliphatic carbocycles. The highest BCUT2D eigenvalue weighted by atomic mass is 32.1. The van der Waals surface area contributed by atoms with Crippen molar-refractivity contribution in [3.63, 3.8) is 0 Å². The minimum absolute atomic E-state index is 0.230. The number of benzene rings is 2. The number of rotatable bonds is 7. The molecule has 0 saturated heterocycles. The van der Waals surface area contributed by atoms with E-state index in [-0.39, 0.29) is 5.56 Å². The number of nitrogens with zero attached hydrogens (tertiary/aromatic N) is 3. The van der Waals surface area contributed by atoms with Crippen LogP contribution in [0.1, 0.15) is 12.5 Å². The van der Waals surface area contributed by atoms with E-state index in [0.29, 0.717) is 44.9 Å². The average Bonchev–Trinajstić information content (AvgIpc) is 3.33. The Labute approximate surface area is 182 Å². The summed E-state index contributed by atoms with van der Waals surface area (Å²) in [5, 5.41) is 4.39. The number of hydrogen-bond acceptors (Lipinski definition) is 8. The predicted octanol–water partition coefficient (Wildman–Crippen LogP) is 2.79. The Kier molecular flexibility index (Phi) is 5.77. The minimum atomic E-state index is -0.230. The SMILES string of the molecule is CCOc1ccc(/C=c2/sc3nc(-c4ccc(OC)c(OC)c4)nn3c2=O)cc1OC. The molecule has 160 valence electrons. The van der Waals surface area contributed by atoms with Crippen molar-refractivity contribution in [2.75, 3.05) is 27.9 Å². The molecule has 0 atom stereocenters. The van der Waals surface area contributed by atoms with E-state index in [1.54, 1.807) is 39.5 Å². The maximum absolute atomic E-state index is 12.9. The molecular formula is C22H21N3O5S. The third-order valence-corrected chi connectivity index (χ3v) is 5.57. The Bertz CT molecular complexity index is 1350. The molecule has 0 spiro atoms. The van der Waals surface area contributed by atoms with Crippen molar-refractivity contribution < 1.29 is 18.9 Å². The molecule has 4 rings (SSSR count). The van der Waals surface area contributed by atoms with Crippen LogP contribution in [0.25, 0.3) is 22.4 Å². The first-order valence-electron chi connectivity index (χ1n) is 9.52. The highest BCUT2D eigenvalue weighted by Crippen LogP contribution is 2.31. The van der Waals surface area contributed by atoms with Crippen molar-refractivity contribution in [2.45, 2.75) is 6.92 Å². The summed E-state index contributed by atoms with van der Waals surface area (Å²) in [6.45, 7) is 2.45. The summed E-state index contributed by atoms with van der Waals surface area (Å²) >= 11 is 1.27. The molecule has 0 bridgehead atoms. The first-order chi connectivity index (χ1) is 15.1. The fourth-order valence-corrected chi connectivity index (χ4v) is 4.04. The van der Waals surface area contributed by atoms with Crippen molar-refractivity contribution in [1.82, 2.24) is 14.6 Å². The summed E-state index contributed by atoms with van der Waals surface area (Å²) in [4.78, 5) is 17.9. The van der Waals surface area contributed by atoms with E-state index in [0.717, 1.165) is 11.1 Å². The smallest absolute Gasteiger partial charge is 0.291 e. The Morgan fingerprint density at radius 2 is 1.68 bits per heavy atom. The molecule has 2 aromatic carbocycles. The van der Waals surface area contributed by atoms with Gasteiger partial charge >= 0.3 is 0 Å². The van der Waals surface area contributed by atoms with Gasteiger partial charge in [-0.2, -0.15) is 9.50 Å². The van der Waals surface area contributed by atoms with Gasteiger partial charge in [-0.15, -0.1) is 5.10 Å². The average molecular weight is 439 g/mol. The molecule has 0 saturated carbocycles. The molecule has 0 fully saturated rings. The molecule has 8 nitrogen and oxygen atoms in total.